The molecule has 1 heterocycles. The summed E-state index contributed by atoms with van der Waals surface area (Å²) in [5.41, 5.74) is 6.23. The largest absolute Gasteiger partial charge is 0.369 e. The number of fused-ring (bicyclic) bond motifs is 1. The Hall–Kier alpha value is -3.07. The molecule has 6 nitrogen and oxygen atoms in total. The number of hydrogen-bond donors (Lipinski definition) is 2. The Morgan fingerprint density at radius 1 is 1.24 bits per heavy atom. The van der Waals surface area contributed by atoms with E-state index in [-0.39, 0.29) is 33.1 Å². The number of allylic oxidation sites excluding steroid dienone is 1. The van der Waals surface area contributed by atoms with Gasteiger partial charge in [0.2, 0.25) is 0 Å². The van der Waals surface area contributed by atoms with Crippen molar-refractivity contribution < 1.29 is 22.0 Å². The number of carbonyl (C=O) groups is 1. The lowest BCUT2D eigenvalue weighted by Crippen LogP contribution is -2.15. The molecule has 1 aromatic heterocycles. The Morgan fingerprint density at radius 2 is 1.93 bits per heavy atom. The van der Waals surface area contributed by atoms with Gasteiger partial charge >= 0.3 is 0 Å². The number of carbonyl (C=O) groups excluding carboxylic acids is 1. The SMILES string of the molecule is CC(=O)C=C(c1cc(S(=O)(=O)C(C)C)c2nc(N)[nH]c2c1)c1cccc(F)c1F. The molecule has 0 saturated heterocycles. The van der Waals surface area contributed by atoms with Gasteiger partial charge in [-0.2, -0.15) is 0 Å². The van der Waals surface area contributed by atoms with E-state index in [1.54, 1.807) is 0 Å². The normalized spacial score (nSPS) is 12.7. The summed E-state index contributed by atoms with van der Waals surface area (Å²) in [5, 5.41) is -0.759. The van der Waals surface area contributed by atoms with Crippen molar-refractivity contribution in [2.75, 3.05) is 5.73 Å². The van der Waals surface area contributed by atoms with Crippen LogP contribution in [0.2, 0.25) is 0 Å². The van der Waals surface area contributed by atoms with Crippen molar-refractivity contribution in [2.24, 2.45) is 0 Å². The van der Waals surface area contributed by atoms with Gasteiger partial charge in [-0.25, -0.2) is 22.2 Å². The molecule has 0 bridgehead atoms. The third kappa shape index (κ3) is 3.77. The van der Waals surface area contributed by atoms with Gasteiger partial charge in [0.15, 0.2) is 33.2 Å². The highest BCUT2D eigenvalue weighted by molar-refractivity contribution is 7.92. The molecule has 29 heavy (non-hydrogen) atoms. The van der Waals surface area contributed by atoms with Crippen LogP contribution in [0.5, 0.6) is 0 Å². The number of anilines is 1. The summed E-state index contributed by atoms with van der Waals surface area (Å²) < 4.78 is 54.1. The molecule has 0 saturated carbocycles. The highest BCUT2D eigenvalue weighted by Crippen LogP contribution is 2.33. The van der Waals surface area contributed by atoms with Crippen LogP contribution in [0.15, 0.2) is 41.3 Å². The standard InChI is InChI=1S/C20H19F2N3O3S/c1-10(2)29(27,28)17-9-12(8-16-19(17)25-20(23)24-16)14(7-11(3)26)13-5-4-6-15(21)18(13)22/h4-10H,1-3H3,(H3,23,24,25). The topological polar surface area (TPSA) is 106 Å². The Labute approximate surface area is 166 Å². The van der Waals surface area contributed by atoms with Crippen LogP contribution in [-0.2, 0) is 14.6 Å². The van der Waals surface area contributed by atoms with Crippen molar-refractivity contribution in [2.45, 2.75) is 30.9 Å². The number of nitrogens with one attached hydrogen (secondary N) is 1. The monoisotopic (exact) mass is 419 g/mol. The first-order chi connectivity index (χ1) is 13.5. The van der Waals surface area contributed by atoms with Gasteiger partial charge in [0.25, 0.3) is 0 Å². The van der Waals surface area contributed by atoms with E-state index in [4.69, 9.17) is 5.73 Å². The van der Waals surface area contributed by atoms with E-state index in [9.17, 15) is 22.0 Å². The summed E-state index contributed by atoms with van der Waals surface area (Å²) in [4.78, 5) is 18.5. The van der Waals surface area contributed by atoms with Crippen molar-refractivity contribution in [1.29, 1.82) is 0 Å². The number of halogens is 2. The fourth-order valence-electron chi connectivity index (χ4n) is 2.96. The lowest BCUT2D eigenvalue weighted by Gasteiger charge is -2.14. The fourth-order valence-corrected chi connectivity index (χ4v) is 4.19. The molecule has 9 heteroatoms. The van der Waals surface area contributed by atoms with Gasteiger partial charge in [0.1, 0.15) is 5.52 Å². The first kappa shape index (κ1) is 20.7. The van der Waals surface area contributed by atoms with E-state index < -0.39 is 32.5 Å². The molecule has 0 atom stereocenters. The van der Waals surface area contributed by atoms with Crippen molar-refractivity contribution >= 4 is 38.2 Å². The first-order valence-corrected chi connectivity index (χ1v) is 10.3. The Bertz CT molecular complexity index is 1260. The summed E-state index contributed by atoms with van der Waals surface area (Å²) in [6.07, 6.45) is 1.13. The Balaban J connectivity index is 2.40. The molecule has 152 valence electrons. The average Bonchev–Trinajstić information content (AvgIpc) is 3.01. The predicted octanol–water partition coefficient (Wildman–Crippen LogP) is 3.63. The third-order valence-electron chi connectivity index (χ3n) is 4.40. The maximum atomic E-state index is 14.5. The molecule has 3 rings (SSSR count). The number of nitrogens with two attached hydrogens (primary N) is 1. The number of sulfone groups is 1. The number of nitrogen functional groups attached to an aromatic ring is 1. The van der Waals surface area contributed by atoms with Gasteiger partial charge in [-0.1, -0.05) is 12.1 Å². The highest BCUT2D eigenvalue weighted by Gasteiger charge is 2.26. The van der Waals surface area contributed by atoms with Gasteiger partial charge in [-0.05, 0) is 56.2 Å². The lowest BCUT2D eigenvalue weighted by molar-refractivity contribution is -0.112. The average molecular weight is 419 g/mol. The number of aromatic nitrogens is 2. The molecule has 0 aliphatic rings. The zero-order chi connectivity index (χ0) is 21.5. The zero-order valence-corrected chi connectivity index (χ0v) is 16.8. The number of hydrogen-bond acceptors (Lipinski definition) is 5. The lowest BCUT2D eigenvalue weighted by atomic mass is 9.95. The summed E-state index contributed by atoms with van der Waals surface area (Å²) in [7, 11) is -3.79. The second kappa shape index (κ2) is 7.40. The van der Waals surface area contributed by atoms with Crippen molar-refractivity contribution in [3.63, 3.8) is 0 Å². The molecular weight excluding hydrogens is 400 g/mol. The molecule has 0 fully saturated rings. The molecule has 0 aliphatic carbocycles. The van der Waals surface area contributed by atoms with E-state index >= 15 is 0 Å². The summed E-state index contributed by atoms with van der Waals surface area (Å²) in [6.45, 7) is 4.29. The minimum absolute atomic E-state index is 0.00592. The van der Waals surface area contributed by atoms with Gasteiger partial charge in [0, 0.05) is 5.56 Å². The van der Waals surface area contributed by atoms with Crippen LogP contribution in [0.3, 0.4) is 0 Å². The van der Waals surface area contributed by atoms with Crippen LogP contribution in [0, 0.1) is 11.6 Å². The van der Waals surface area contributed by atoms with E-state index in [1.807, 2.05) is 0 Å². The predicted molar refractivity (Wildman–Crippen MR) is 107 cm³/mol. The van der Waals surface area contributed by atoms with Gasteiger partial charge in [-0.15, -0.1) is 0 Å². The van der Waals surface area contributed by atoms with Gasteiger partial charge in [-0.3, -0.25) is 4.79 Å². The number of rotatable bonds is 5. The van der Waals surface area contributed by atoms with E-state index in [2.05, 4.69) is 9.97 Å². The summed E-state index contributed by atoms with van der Waals surface area (Å²) >= 11 is 0. The highest BCUT2D eigenvalue weighted by atomic mass is 32.2. The van der Waals surface area contributed by atoms with Gasteiger partial charge in [0.05, 0.1) is 15.7 Å². The molecule has 0 radical (unpaired) electrons. The van der Waals surface area contributed by atoms with E-state index in [1.165, 1.54) is 45.0 Å². The van der Waals surface area contributed by atoms with E-state index in [0.717, 1.165) is 12.1 Å². The second-order valence-electron chi connectivity index (χ2n) is 6.86. The smallest absolute Gasteiger partial charge is 0.198 e. The number of aromatic amines is 1. The minimum atomic E-state index is -3.79. The summed E-state index contributed by atoms with van der Waals surface area (Å²) in [5.74, 6) is -2.64. The quantitative estimate of drug-likeness (QED) is 0.615. The van der Waals surface area contributed by atoms with Crippen molar-refractivity contribution in [1.82, 2.24) is 9.97 Å². The molecule has 2 aromatic carbocycles. The van der Waals surface area contributed by atoms with Crippen LogP contribution in [-0.4, -0.2) is 29.4 Å². The van der Waals surface area contributed by atoms with E-state index in [0.29, 0.717) is 5.52 Å². The zero-order valence-electron chi connectivity index (χ0n) is 16.0. The Kier molecular flexibility index (Phi) is 5.27. The first-order valence-electron chi connectivity index (χ1n) is 8.72. The van der Waals surface area contributed by atoms with Crippen LogP contribution in [0.4, 0.5) is 14.7 Å². The van der Waals surface area contributed by atoms with Gasteiger partial charge < -0.3 is 10.7 Å². The second-order valence-corrected chi connectivity index (χ2v) is 9.33. The number of ketones is 1. The molecule has 0 spiro atoms. The molecule has 0 aliphatic heterocycles. The van der Waals surface area contributed by atoms with Crippen LogP contribution in [0.1, 0.15) is 31.9 Å². The number of nitrogens with zero attached hydrogens (tertiary/aromatic N) is 1. The molecule has 0 amide bonds. The maximum absolute atomic E-state index is 14.5. The van der Waals surface area contributed by atoms with Crippen LogP contribution < -0.4 is 5.73 Å². The molecular formula is C20H19F2N3O3S. The van der Waals surface area contributed by atoms with Crippen LogP contribution in [0.25, 0.3) is 16.6 Å². The number of H-pyrrole nitrogens is 1. The maximum Gasteiger partial charge on any atom is 0.198 e. The van der Waals surface area contributed by atoms with Crippen molar-refractivity contribution in [3.05, 3.63) is 59.2 Å². The number of benzene rings is 2. The Morgan fingerprint density at radius 3 is 2.55 bits per heavy atom. The fraction of sp³-hybridized carbons (Fsp3) is 0.200. The third-order valence-corrected chi connectivity index (χ3v) is 6.56. The molecule has 3 N–H and O–H groups in total. The number of imidazole rings is 1. The summed E-state index contributed by atoms with van der Waals surface area (Å²) in [6, 6.07) is 6.38. The van der Waals surface area contributed by atoms with Crippen molar-refractivity contribution in [3.8, 4) is 0 Å². The van der Waals surface area contributed by atoms with Crippen LogP contribution >= 0.6 is 0 Å². The molecule has 0 unspecified atom stereocenters. The molecule has 3 aromatic rings. The minimum Gasteiger partial charge on any atom is -0.369 e.